The number of carbonyl (C=O) groups excluding carboxylic acids is 1. The van der Waals surface area contributed by atoms with Crippen LogP contribution in [0.2, 0.25) is 5.02 Å². The van der Waals surface area contributed by atoms with Crippen molar-refractivity contribution in [1.82, 2.24) is 4.31 Å². The van der Waals surface area contributed by atoms with Gasteiger partial charge < -0.3 is 10.2 Å². The highest BCUT2D eigenvalue weighted by molar-refractivity contribution is 7.91. The second-order valence-corrected chi connectivity index (χ2v) is 10.4. The van der Waals surface area contributed by atoms with Crippen LogP contribution in [0, 0.1) is 0 Å². The lowest BCUT2D eigenvalue weighted by atomic mass is 10.2. The Morgan fingerprint density at radius 3 is 2.59 bits per heavy atom. The lowest BCUT2D eigenvalue weighted by Crippen LogP contribution is -2.27. The van der Waals surface area contributed by atoms with Crippen LogP contribution < -0.4 is 10.2 Å². The van der Waals surface area contributed by atoms with Gasteiger partial charge in [-0.1, -0.05) is 11.6 Å². The van der Waals surface area contributed by atoms with E-state index in [0.717, 1.165) is 29.9 Å². The summed E-state index contributed by atoms with van der Waals surface area (Å²) in [7, 11) is 0.325. The van der Waals surface area contributed by atoms with Crippen molar-refractivity contribution < 1.29 is 13.2 Å². The van der Waals surface area contributed by atoms with Crippen molar-refractivity contribution in [2.24, 2.45) is 0 Å². The minimum Gasteiger partial charge on any atom is -0.376 e. The molecule has 0 unspecified atom stereocenters. The van der Waals surface area contributed by atoms with Gasteiger partial charge in [-0.05, 0) is 43.2 Å². The average molecular weight is 428 g/mol. The molecule has 27 heavy (non-hydrogen) atoms. The van der Waals surface area contributed by atoms with Crippen LogP contribution in [-0.4, -0.2) is 45.8 Å². The van der Waals surface area contributed by atoms with E-state index >= 15 is 0 Å². The van der Waals surface area contributed by atoms with Crippen molar-refractivity contribution in [2.75, 3.05) is 37.4 Å². The lowest BCUT2D eigenvalue weighted by Gasteiger charge is -2.18. The van der Waals surface area contributed by atoms with Crippen LogP contribution in [0.25, 0.3) is 0 Å². The number of hydrogen-bond donors (Lipinski definition) is 1. The first-order valence-corrected chi connectivity index (χ1v) is 11.3. The zero-order valence-corrected chi connectivity index (χ0v) is 17.6. The van der Waals surface area contributed by atoms with Crippen molar-refractivity contribution in [1.29, 1.82) is 0 Å². The minimum absolute atomic E-state index is 0.111. The van der Waals surface area contributed by atoms with E-state index in [4.69, 9.17) is 11.6 Å². The topological polar surface area (TPSA) is 69.7 Å². The number of nitrogens with zero attached hydrogens (tertiary/aromatic N) is 2. The monoisotopic (exact) mass is 427 g/mol. The maximum absolute atomic E-state index is 12.6. The number of benzene rings is 1. The quantitative estimate of drug-likeness (QED) is 0.766. The number of hydrogen-bond acceptors (Lipinski definition) is 5. The number of thiophene rings is 1. The normalized spacial score (nSPS) is 15.1. The first kappa shape index (κ1) is 20.1. The summed E-state index contributed by atoms with van der Waals surface area (Å²) in [5, 5.41) is 3.40. The van der Waals surface area contributed by atoms with E-state index in [0.29, 0.717) is 32.9 Å². The first-order chi connectivity index (χ1) is 12.8. The molecule has 1 aromatic heterocycles. The van der Waals surface area contributed by atoms with Crippen LogP contribution in [0.5, 0.6) is 0 Å². The summed E-state index contributed by atoms with van der Waals surface area (Å²) in [5.74, 6) is -0.215. The van der Waals surface area contributed by atoms with E-state index in [1.54, 1.807) is 24.3 Å². The molecule has 9 heteroatoms. The number of nitrogens with one attached hydrogen (secondary N) is 1. The second-order valence-electron chi connectivity index (χ2n) is 6.61. The summed E-state index contributed by atoms with van der Waals surface area (Å²) in [6.07, 6.45) is 1.90. The fourth-order valence-corrected chi connectivity index (χ4v) is 6.20. The van der Waals surface area contributed by atoms with E-state index in [1.807, 2.05) is 25.1 Å². The highest BCUT2D eigenvalue weighted by Gasteiger charge is 2.28. The van der Waals surface area contributed by atoms with Crippen LogP contribution >= 0.6 is 22.9 Å². The zero-order valence-electron chi connectivity index (χ0n) is 15.2. The number of rotatable bonds is 6. The highest BCUT2D eigenvalue weighted by Crippen LogP contribution is 2.30. The molecule has 0 radical (unpaired) electrons. The molecule has 1 aromatic carbocycles. The van der Waals surface area contributed by atoms with Gasteiger partial charge in [0.2, 0.25) is 5.91 Å². The largest absolute Gasteiger partial charge is 0.376 e. The predicted molar refractivity (Wildman–Crippen MR) is 110 cm³/mol. The SMILES string of the molecule is CN(C)c1ccc(Cl)cc1NC(=O)Cc1ccc(S(=O)(=O)N2CCCC2)s1. The van der Waals surface area contributed by atoms with Crippen molar-refractivity contribution in [3.05, 3.63) is 40.2 Å². The van der Waals surface area contributed by atoms with Crippen LogP contribution in [0.15, 0.2) is 34.5 Å². The third kappa shape index (κ3) is 4.63. The highest BCUT2D eigenvalue weighted by atomic mass is 35.5. The molecule has 1 amide bonds. The smallest absolute Gasteiger partial charge is 0.252 e. The molecule has 2 aromatic rings. The molecule has 3 rings (SSSR count). The molecular weight excluding hydrogens is 406 g/mol. The summed E-state index contributed by atoms with van der Waals surface area (Å²) in [6, 6.07) is 8.60. The summed E-state index contributed by atoms with van der Waals surface area (Å²) >= 11 is 7.19. The van der Waals surface area contributed by atoms with Crippen LogP contribution in [0.3, 0.4) is 0 Å². The molecule has 0 saturated carbocycles. The van der Waals surface area contributed by atoms with Crippen LogP contribution in [0.4, 0.5) is 11.4 Å². The fraction of sp³-hybridized carbons (Fsp3) is 0.389. The Morgan fingerprint density at radius 1 is 1.22 bits per heavy atom. The minimum atomic E-state index is -3.44. The molecule has 146 valence electrons. The standard InChI is InChI=1S/C18H22ClN3O3S2/c1-21(2)16-7-5-13(19)11-15(16)20-17(23)12-14-6-8-18(26-14)27(24,25)22-9-3-4-10-22/h5-8,11H,3-4,9-10,12H2,1-2H3,(H,20,23). The molecule has 1 fully saturated rings. The lowest BCUT2D eigenvalue weighted by molar-refractivity contribution is -0.115. The Bertz CT molecular complexity index is 935. The van der Waals surface area contributed by atoms with Crippen molar-refractivity contribution in [3.63, 3.8) is 0 Å². The maximum atomic E-state index is 12.6. The average Bonchev–Trinajstić information content (AvgIpc) is 3.26. The number of anilines is 2. The van der Waals surface area contributed by atoms with Gasteiger partial charge in [-0.25, -0.2) is 8.42 Å². The molecule has 0 aliphatic carbocycles. The van der Waals surface area contributed by atoms with Crippen molar-refractivity contribution in [3.8, 4) is 0 Å². The van der Waals surface area contributed by atoms with Gasteiger partial charge in [0.25, 0.3) is 10.0 Å². The van der Waals surface area contributed by atoms with Gasteiger partial charge in [-0.15, -0.1) is 11.3 Å². The van der Waals surface area contributed by atoms with E-state index in [1.165, 1.54) is 4.31 Å². The summed E-state index contributed by atoms with van der Waals surface area (Å²) in [4.78, 5) is 15.1. The molecule has 0 bridgehead atoms. The predicted octanol–water partition coefficient (Wildman–Crippen LogP) is 3.43. The van der Waals surface area contributed by atoms with Crippen molar-refractivity contribution in [2.45, 2.75) is 23.5 Å². The molecule has 1 saturated heterocycles. The molecule has 1 aliphatic heterocycles. The zero-order chi connectivity index (χ0) is 19.6. The third-order valence-corrected chi connectivity index (χ3v) is 8.03. The van der Waals surface area contributed by atoms with Gasteiger partial charge in [-0.2, -0.15) is 4.31 Å². The molecule has 1 N–H and O–H groups in total. The van der Waals surface area contributed by atoms with Crippen LogP contribution in [-0.2, 0) is 21.2 Å². The van der Waals surface area contributed by atoms with Gasteiger partial charge in [0, 0.05) is 37.1 Å². The van der Waals surface area contributed by atoms with Crippen molar-refractivity contribution >= 4 is 50.2 Å². The van der Waals surface area contributed by atoms with E-state index in [-0.39, 0.29) is 12.3 Å². The van der Waals surface area contributed by atoms with E-state index in [9.17, 15) is 13.2 Å². The molecule has 0 spiro atoms. The Kier molecular flexibility index (Phi) is 6.10. The number of halogens is 1. The van der Waals surface area contributed by atoms with E-state index < -0.39 is 10.0 Å². The van der Waals surface area contributed by atoms with Gasteiger partial charge >= 0.3 is 0 Å². The van der Waals surface area contributed by atoms with E-state index in [2.05, 4.69) is 5.32 Å². The fourth-order valence-electron chi connectivity index (χ4n) is 3.00. The first-order valence-electron chi connectivity index (χ1n) is 8.63. The van der Waals surface area contributed by atoms with Gasteiger partial charge in [-0.3, -0.25) is 4.79 Å². The van der Waals surface area contributed by atoms with Gasteiger partial charge in [0.05, 0.1) is 17.8 Å². The number of amides is 1. The Labute approximate surface area is 168 Å². The maximum Gasteiger partial charge on any atom is 0.252 e. The summed E-state index contributed by atoms with van der Waals surface area (Å²) in [6.45, 7) is 1.14. The summed E-state index contributed by atoms with van der Waals surface area (Å²) in [5.41, 5.74) is 1.47. The van der Waals surface area contributed by atoms with Gasteiger partial charge in [0.1, 0.15) is 4.21 Å². The summed E-state index contributed by atoms with van der Waals surface area (Å²) < 4.78 is 27.0. The Hall–Kier alpha value is -1.61. The van der Waals surface area contributed by atoms with Gasteiger partial charge in [0.15, 0.2) is 0 Å². The molecule has 2 heterocycles. The second kappa shape index (κ2) is 8.18. The Morgan fingerprint density at radius 2 is 1.93 bits per heavy atom. The number of carbonyl (C=O) groups is 1. The molecular formula is C18H22ClN3O3S2. The van der Waals surface area contributed by atoms with Crippen LogP contribution in [0.1, 0.15) is 17.7 Å². The molecule has 0 atom stereocenters. The molecule has 6 nitrogen and oxygen atoms in total. The molecule has 1 aliphatic rings. The Balaban J connectivity index is 1.71. The third-order valence-electron chi connectivity index (χ3n) is 4.35. The number of sulfonamides is 1.